The molecule has 2 N–H and O–H groups in total. The summed E-state index contributed by atoms with van der Waals surface area (Å²) in [7, 11) is 0. The van der Waals surface area contributed by atoms with Crippen LogP contribution >= 0.6 is 0 Å². The maximum absolute atomic E-state index is 13.3. The van der Waals surface area contributed by atoms with E-state index in [1.54, 1.807) is 18.2 Å². The van der Waals surface area contributed by atoms with Gasteiger partial charge in [-0.1, -0.05) is 42.5 Å². The molecule has 3 heteroatoms. The van der Waals surface area contributed by atoms with E-state index in [0.717, 1.165) is 11.1 Å². The Morgan fingerprint density at radius 3 is 2.50 bits per heavy atom. The highest BCUT2D eigenvalue weighted by Gasteiger charge is 2.01. The second kappa shape index (κ2) is 6.28. The Labute approximate surface area is 106 Å². The summed E-state index contributed by atoms with van der Waals surface area (Å²) >= 11 is 0. The summed E-state index contributed by atoms with van der Waals surface area (Å²) in [5, 5.41) is 0. The summed E-state index contributed by atoms with van der Waals surface area (Å²) in [5.74, 6) is -0.229. The van der Waals surface area contributed by atoms with E-state index in [1.807, 2.05) is 24.3 Å². The minimum Gasteiger partial charge on any atom is -0.372 e. The summed E-state index contributed by atoms with van der Waals surface area (Å²) in [6.07, 6.45) is 0. The van der Waals surface area contributed by atoms with Gasteiger partial charge in [0.2, 0.25) is 0 Å². The molecular weight excluding hydrogens is 229 g/mol. The lowest BCUT2D eigenvalue weighted by molar-refractivity contribution is 0.105. The van der Waals surface area contributed by atoms with Gasteiger partial charge in [0.1, 0.15) is 5.82 Å². The highest BCUT2D eigenvalue weighted by Crippen LogP contribution is 2.10. The molecule has 0 aromatic heterocycles. The van der Waals surface area contributed by atoms with Crippen LogP contribution in [0.5, 0.6) is 0 Å². The zero-order valence-electron chi connectivity index (χ0n) is 10.1. The Morgan fingerprint density at radius 2 is 1.72 bits per heavy atom. The van der Waals surface area contributed by atoms with Gasteiger partial charge in [0.05, 0.1) is 13.2 Å². The third-order valence-corrected chi connectivity index (χ3v) is 2.71. The summed E-state index contributed by atoms with van der Waals surface area (Å²) < 4.78 is 18.8. The van der Waals surface area contributed by atoms with Gasteiger partial charge < -0.3 is 10.5 Å². The second-order valence-electron chi connectivity index (χ2n) is 4.11. The van der Waals surface area contributed by atoms with Crippen molar-refractivity contribution in [3.63, 3.8) is 0 Å². The van der Waals surface area contributed by atoms with Gasteiger partial charge in [0.15, 0.2) is 0 Å². The van der Waals surface area contributed by atoms with Crippen LogP contribution in [0.3, 0.4) is 0 Å². The number of halogens is 1. The molecule has 0 unspecified atom stereocenters. The smallest absolute Gasteiger partial charge is 0.128 e. The molecule has 2 aromatic carbocycles. The molecule has 0 aliphatic carbocycles. The predicted octanol–water partition coefficient (Wildman–Crippen LogP) is 3.00. The Morgan fingerprint density at radius 1 is 0.944 bits per heavy atom. The lowest BCUT2D eigenvalue weighted by atomic mass is 10.1. The minimum absolute atomic E-state index is 0.229. The fraction of sp³-hybridized carbons (Fsp3) is 0.200. The van der Waals surface area contributed by atoms with Crippen LogP contribution < -0.4 is 5.73 Å². The van der Waals surface area contributed by atoms with Crippen molar-refractivity contribution in [2.75, 3.05) is 0 Å². The van der Waals surface area contributed by atoms with Crippen LogP contribution in [0.2, 0.25) is 0 Å². The molecule has 2 rings (SSSR count). The first-order chi connectivity index (χ1) is 8.79. The van der Waals surface area contributed by atoms with Crippen molar-refractivity contribution in [2.24, 2.45) is 5.73 Å². The van der Waals surface area contributed by atoms with E-state index in [-0.39, 0.29) is 12.4 Å². The van der Waals surface area contributed by atoms with Crippen LogP contribution in [0.1, 0.15) is 16.7 Å². The predicted molar refractivity (Wildman–Crippen MR) is 69.2 cm³/mol. The monoisotopic (exact) mass is 245 g/mol. The highest BCUT2D eigenvalue weighted by molar-refractivity contribution is 5.22. The minimum atomic E-state index is -0.229. The van der Waals surface area contributed by atoms with Gasteiger partial charge in [-0.15, -0.1) is 0 Å². The molecular formula is C15H16FNO. The molecule has 0 fully saturated rings. The third-order valence-electron chi connectivity index (χ3n) is 2.71. The third kappa shape index (κ3) is 3.39. The summed E-state index contributed by atoms with van der Waals surface area (Å²) in [4.78, 5) is 0. The first kappa shape index (κ1) is 12.7. The number of benzene rings is 2. The molecule has 0 spiro atoms. The van der Waals surface area contributed by atoms with Gasteiger partial charge in [-0.2, -0.15) is 0 Å². The standard InChI is InChI=1S/C15H16FNO/c16-15-7-2-1-6-14(15)11-18-10-13-5-3-4-12(8-13)9-17/h1-8H,9-11,17H2. The fourth-order valence-electron chi connectivity index (χ4n) is 1.74. The largest absolute Gasteiger partial charge is 0.372 e. The van der Waals surface area contributed by atoms with Crippen molar-refractivity contribution in [1.29, 1.82) is 0 Å². The van der Waals surface area contributed by atoms with Gasteiger partial charge in [0, 0.05) is 12.1 Å². The molecule has 0 saturated heterocycles. The van der Waals surface area contributed by atoms with E-state index in [9.17, 15) is 4.39 Å². The molecule has 0 bridgehead atoms. The molecule has 0 aliphatic rings. The normalized spacial score (nSPS) is 10.6. The van der Waals surface area contributed by atoms with E-state index in [0.29, 0.717) is 18.7 Å². The highest BCUT2D eigenvalue weighted by atomic mass is 19.1. The van der Waals surface area contributed by atoms with Crippen molar-refractivity contribution < 1.29 is 9.13 Å². The number of hydrogen-bond acceptors (Lipinski definition) is 2. The van der Waals surface area contributed by atoms with E-state index >= 15 is 0 Å². The van der Waals surface area contributed by atoms with Crippen LogP contribution in [-0.4, -0.2) is 0 Å². The van der Waals surface area contributed by atoms with Crippen LogP contribution in [0, 0.1) is 5.82 Å². The van der Waals surface area contributed by atoms with Crippen molar-refractivity contribution >= 4 is 0 Å². The fourth-order valence-corrected chi connectivity index (χ4v) is 1.74. The SMILES string of the molecule is NCc1cccc(COCc2ccccc2F)c1. The van der Waals surface area contributed by atoms with Gasteiger partial charge in [-0.05, 0) is 17.2 Å². The molecule has 0 atom stereocenters. The number of ether oxygens (including phenoxy) is 1. The molecule has 0 saturated carbocycles. The maximum Gasteiger partial charge on any atom is 0.128 e. The second-order valence-corrected chi connectivity index (χ2v) is 4.11. The maximum atomic E-state index is 13.3. The molecule has 0 aliphatic heterocycles. The molecule has 18 heavy (non-hydrogen) atoms. The lowest BCUT2D eigenvalue weighted by Gasteiger charge is -2.06. The average Bonchev–Trinajstić information content (AvgIpc) is 2.41. The van der Waals surface area contributed by atoms with E-state index in [2.05, 4.69) is 0 Å². The quantitative estimate of drug-likeness (QED) is 0.878. The molecule has 94 valence electrons. The first-order valence-corrected chi connectivity index (χ1v) is 5.88. The van der Waals surface area contributed by atoms with Crippen molar-refractivity contribution in [3.05, 3.63) is 71.0 Å². The lowest BCUT2D eigenvalue weighted by Crippen LogP contribution is -1.99. The summed E-state index contributed by atoms with van der Waals surface area (Å²) in [6.45, 7) is 1.25. The van der Waals surface area contributed by atoms with Gasteiger partial charge in [-0.25, -0.2) is 4.39 Å². The van der Waals surface area contributed by atoms with Crippen molar-refractivity contribution in [1.82, 2.24) is 0 Å². The van der Waals surface area contributed by atoms with E-state index in [1.165, 1.54) is 6.07 Å². The molecule has 2 aromatic rings. The van der Waals surface area contributed by atoms with Crippen LogP contribution in [0.25, 0.3) is 0 Å². The number of rotatable bonds is 5. The Hall–Kier alpha value is -1.71. The number of hydrogen-bond donors (Lipinski definition) is 1. The molecule has 0 heterocycles. The molecule has 2 nitrogen and oxygen atoms in total. The first-order valence-electron chi connectivity index (χ1n) is 5.88. The van der Waals surface area contributed by atoms with Crippen molar-refractivity contribution in [3.8, 4) is 0 Å². The Bertz CT molecular complexity index is 513. The van der Waals surface area contributed by atoms with Gasteiger partial charge in [-0.3, -0.25) is 0 Å². The van der Waals surface area contributed by atoms with E-state index in [4.69, 9.17) is 10.5 Å². The van der Waals surface area contributed by atoms with Crippen LogP contribution in [0.15, 0.2) is 48.5 Å². The Balaban J connectivity index is 1.90. The topological polar surface area (TPSA) is 35.2 Å². The molecule has 0 amide bonds. The van der Waals surface area contributed by atoms with Crippen molar-refractivity contribution in [2.45, 2.75) is 19.8 Å². The van der Waals surface area contributed by atoms with Crippen LogP contribution in [0.4, 0.5) is 4.39 Å². The zero-order chi connectivity index (χ0) is 12.8. The summed E-state index contributed by atoms with van der Waals surface area (Å²) in [5.41, 5.74) is 8.27. The van der Waals surface area contributed by atoms with Gasteiger partial charge in [0.25, 0.3) is 0 Å². The average molecular weight is 245 g/mol. The number of nitrogens with two attached hydrogens (primary N) is 1. The van der Waals surface area contributed by atoms with Crippen LogP contribution in [-0.2, 0) is 24.5 Å². The zero-order valence-corrected chi connectivity index (χ0v) is 10.1. The van der Waals surface area contributed by atoms with E-state index < -0.39 is 0 Å². The Kier molecular flexibility index (Phi) is 4.45. The molecule has 0 radical (unpaired) electrons. The summed E-state index contributed by atoms with van der Waals surface area (Å²) in [6, 6.07) is 14.5. The van der Waals surface area contributed by atoms with Gasteiger partial charge >= 0.3 is 0 Å².